The Morgan fingerprint density at radius 2 is 2.00 bits per heavy atom. The van der Waals surface area contributed by atoms with E-state index in [1.807, 2.05) is 0 Å². The molecule has 1 aliphatic heterocycles. The van der Waals surface area contributed by atoms with Crippen molar-refractivity contribution >= 4 is 21.7 Å². The molecule has 0 aromatic heterocycles. The highest BCUT2D eigenvalue weighted by Crippen LogP contribution is 2.26. The summed E-state index contributed by atoms with van der Waals surface area (Å²) >= 11 is 0. The summed E-state index contributed by atoms with van der Waals surface area (Å²) in [7, 11) is -1.63. The molecule has 0 saturated carbocycles. The maximum Gasteiger partial charge on any atom is 0.208 e. The highest BCUT2D eigenvalue weighted by molar-refractivity contribution is 7.88. The third-order valence-corrected chi connectivity index (χ3v) is 4.52. The van der Waals surface area contributed by atoms with Crippen LogP contribution in [0.1, 0.15) is 6.42 Å². The number of hydrogen-bond donors (Lipinski definition) is 3. The number of halogens is 2. The first kappa shape index (κ1) is 19.4. The van der Waals surface area contributed by atoms with Gasteiger partial charge in [-0.1, -0.05) is 6.07 Å². The van der Waals surface area contributed by atoms with Gasteiger partial charge in [-0.25, -0.2) is 21.9 Å². The number of sulfonamides is 1. The van der Waals surface area contributed by atoms with E-state index in [9.17, 15) is 17.2 Å². The summed E-state index contributed by atoms with van der Waals surface area (Å²) in [5, 5.41) is 6.17. The van der Waals surface area contributed by atoms with E-state index in [1.54, 1.807) is 11.9 Å². The van der Waals surface area contributed by atoms with Gasteiger partial charge in [-0.05, 0) is 18.6 Å². The molecular weight excluding hydrogens is 352 g/mol. The van der Waals surface area contributed by atoms with Crippen LogP contribution in [0.5, 0.6) is 0 Å². The highest BCUT2D eigenvalue weighted by atomic mass is 32.2. The molecule has 3 N–H and O–H groups in total. The number of guanidine groups is 1. The number of para-hydroxylation sites is 1. The van der Waals surface area contributed by atoms with Crippen LogP contribution < -0.4 is 20.3 Å². The van der Waals surface area contributed by atoms with E-state index >= 15 is 0 Å². The Hall–Kier alpha value is -1.94. The summed E-state index contributed by atoms with van der Waals surface area (Å²) in [6.07, 6.45) is 1.80. The number of anilines is 1. The van der Waals surface area contributed by atoms with Gasteiger partial charge in [-0.3, -0.25) is 4.99 Å². The first-order chi connectivity index (χ1) is 11.8. The second kappa shape index (κ2) is 8.43. The van der Waals surface area contributed by atoms with Gasteiger partial charge >= 0.3 is 0 Å². The van der Waals surface area contributed by atoms with Crippen molar-refractivity contribution in [2.75, 3.05) is 44.4 Å². The molecule has 10 heteroatoms. The molecule has 1 atom stereocenters. The second-order valence-electron chi connectivity index (χ2n) is 5.81. The Bertz CT molecular complexity index is 706. The van der Waals surface area contributed by atoms with Crippen molar-refractivity contribution in [3.63, 3.8) is 0 Å². The Kier molecular flexibility index (Phi) is 6.54. The first-order valence-corrected chi connectivity index (χ1v) is 9.80. The zero-order chi connectivity index (χ0) is 18.4. The molecule has 140 valence electrons. The van der Waals surface area contributed by atoms with E-state index < -0.39 is 21.7 Å². The lowest BCUT2D eigenvalue weighted by molar-refractivity contribution is 0.575. The van der Waals surface area contributed by atoms with Crippen molar-refractivity contribution < 1.29 is 17.2 Å². The van der Waals surface area contributed by atoms with Crippen LogP contribution in [-0.2, 0) is 10.0 Å². The molecule has 25 heavy (non-hydrogen) atoms. The predicted octanol–water partition coefficient (Wildman–Crippen LogP) is 0.258. The van der Waals surface area contributed by atoms with Crippen molar-refractivity contribution in [1.29, 1.82) is 0 Å². The molecule has 1 unspecified atom stereocenters. The Balaban J connectivity index is 1.85. The summed E-state index contributed by atoms with van der Waals surface area (Å²) < 4.78 is 52.1. The molecule has 1 heterocycles. The average Bonchev–Trinajstić information content (AvgIpc) is 2.97. The van der Waals surface area contributed by atoms with E-state index in [2.05, 4.69) is 20.3 Å². The third kappa shape index (κ3) is 5.82. The van der Waals surface area contributed by atoms with Crippen molar-refractivity contribution in [3.05, 3.63) is 29.8 Å². The monoisotopic (exact) mass is 375 g/mol. The normalized spacial score (nSPS) is 18.5. The minimum atomic E-state index is -3.23. The van der Waals surface area contributed by atoms with Crippen LogP contribution in [-0.4, -0.2) is 59.9 Å². The summed E-state index contributed by atoms with van der Waals surface area (Å²) in [5.74, 6) is -0.638. The van der Waals surface area contributed by atoms with Crippen molar-refractivity contribution in [2.24, 2.45) is 4.99 Å². The second-order valence-corrected chi connectivity index (χ2v) is 7.64. The van der Waals surface area contributed by atoms with Gasteiger partial charge in [0.15, 0.2) is 5.96 Å². The lowest BCUT2D eigenvalue weighted by atomic mass is 10.2. The number of aliphatic imine (C=N–C) groups is 1. The molecule has 2 rings (SSSR count). The van der Waals surface area contributed by atoms with Crippen LogP contribution in [0.15, 0.2) is 23.2 Å². The Labute approximate surface area is 146 Å². The zero-order valence-electron chi connectivity index (χ0n) is 14.2. The van der Waals surface area contributed by atoms with Gasteiger partial charge in [-0.15, -0.1) is 0 Å². The fourth-order valence-electron chi connectivity index (χ4n) is 2.68. The van der Waals surface area contributed by atoms with Crippen molar-refractivity contribution in [2.45, 2.75) is 12.5 Å². The largest absolute Gasteiger partial charge is 0.365 e. The molecule has 0 radical (unpaired) electrons. The van der Waals surface area contributed by atoms with Crippen LogP contribution in [0.2, 0.25) is 0 Å². The lowest BCUT2D eigenvalue weighted by Crippen LogP contribution is -2.46. The molecule has 0 aliphatic carbocycles. The molecule has 1 saturated heterocycles. The van der Waals surface area contributed by atoms with E-state index in [0.717, 1.165) is 6.26 Å². The van der Waals surface area contributed by atoms with Gasteiger partial charge in [-0.2, -0.15) is 0 Å². The molecule has 1 aromatic rings. The Morgan fingerprint density at radius 3 is 2.60 bits per heavy atom. The molecule has 1 aliphatic rings. The maximum atomic E-state index is 13.9. The van der Waals surface area contributed by atoms with Crippen molar-refractivity contribution in [3.8, 4) is 0 Å². The standard InChI is InChI=1S/C15H23F2N5O2S/c1-18-15(19-7-8-20-25(2,23)24)21-11-6-9-22(10-11)14-12(16)4-3-5-13(14)17/h3-5,11,20H,6-10H2,1-2H3,(H2,18,19,21). The van der Waals surface area contributed by atoms with Gasteiger partial charge in [0, 0.05) is 39.3 Å². The minimum absolute atomic E-state index is 0.00732. The summed E-state index contributed by atoms with van der Waals surface area (Å²) in [4.78, 5) is 5.74. The fourth-order valence-corrected chi connectivity index (χ4v) is 3.15. The number of benzene rings is 1. The van der Waals surface area contributed by atoms with Crippen LogP contribution in [0.25, 0.3) is 0 Å². The van der Waals surface area contributed by atoms with Gasteiger partial charge in [0.2, 0.25) is 10.0 Å². The molecule has 0 bridgehead atoms. The van der Waals surface area contributed by atoms with E-state index in [4.69, 9.17) is 0 Å². The summed E-state index contributed by atoms with van der Waals surface area (Å²) in [6.45, 7) is 1.57. The summed E-state index contributed by atoms with van der Waals surface area (Å²) in [5.41, 5.74) is -0.00732. The van der Waals surface area contributed by atoms with Gasteiger partial charge in [0.1, 0.15) is 17.3 Å². The van der Waals surface area contributed by atoms with Crippen molar-refractivity contribution in [1.82, 2.24) is 15.4 Å². The molecule has 1 fully saturated rings. The molecule has 0 amide bonds. The molecule has 0 spiro atoms. The topological polar surface area (TPSA) is 85.8 Å². The fraction of sp³-hybridized carbons (Fsp3) is 0.533. The van der Waals surface area contributed by atoms with Gasteiger partial charge in [0.25, 0.3) is 0 Å². The average molecular weight is 375 g/mol. The first-order valence-electron chi connectivity index (χ1n) is 7.91. The predicted molar refractivity (Wildman–Crippen MR) is 94.3 cm³/mol. The van der Waals surface area contributed by atoms with E-state index in [-0.39, 0.29) is 18.3 Å². The smallest absolute Gasteiger partial charge is 0.208 e. The highest BCUT2D eigenvalue weighted by Gasteiger charge is 2.27. The lowest BCUT2D eigenvalue weighted by Gasteiger charge is -2.21. The third-order valence-electron chi connectivity index (χ3n) is 3.79. The minimum Gasteiger partial charge on any atom is -0.365 e. The van der Waals surface area contributed by atoms with Crippen LogP contribution in [0.4, 0.5) is 14.5 Å². The van der Waals surface area contributed by atoms with Crippen LogP contribution in [0, 0.1) is 11.6 Å². The SMILES string of the molecule is CN=C(NCCNS(C)(=O)=O)NC1CCN(c2c(F)cccc2F)C1. The summed E-state index contributed by atoms with van der Waals surface area (Å²) in [6, 6.07) is 3.81. The number of rotatable bonds is 6. The van der Waals surface area contributed by atoms with Crippen LogP contribution in [0.3, 0.4) is 0 Å². The van der Waals surface area contributed by atoms with Gasteiger partial charge < -0.3 is 15.5 Å². The van der Waals surface area contributed by atoms with E-state index in [1.165, 1.54) is 18.2 Å². The number of hydrogen-bond acceptors (Lipinski definition) is 4. The maximum absolute atomic E-state index is 13.9. The number of nitrogens with zero attached hydrogens (tertiary/aromatic N) is 2. The van der Waals surface area contributed by atoms with Gasteiger partial charge in [0.05, 0.1) is 6.26 Å². The quantitative estimate of drug-likeness (QED) is 0.377. The van der Waals surface area contributed by atoms with E-state index in [0.29, 0.717) is 32.0 Å². The number of nitrogens with one attached hydrogen (secondary N) is 3. The Morgan fingerprint density at radius 1 is 1.32 bits per heavy atom. The molecule has 7 nitrogen and oxygen atoms in total. The molecule has 1 aromatic carbocycles. The van der Waals surface area contributed by atoms with Crippen LogP contribution >= 0.6 is 0 Å². The molecular formula is C15H23F2N5O2S. The zero-order valence-corrected chi connectivity index (χ0v) is 15.0.